The Bertz CT molecular complexity index is 1450. The van der Waals surface area contributed by atoms with Crippen LogP contribution in [0.1, 0.15) is 5.56 Å². The maximum absolute atomic E-state index is 14.3. The van der Waals surface area contributed by atoms with Crippen LogP contribution in [0, 0.1) is 5.82 Å². The Morgan fingerprint density at radius 2 is 1.90 bits per heavy atom. The van der Waals surface area contributed by atoms with Gasteiger partial charge in [0.15, 0.2) is 5.16 Å². The molecule has 8 nitrogen and oxygen atoms in total. The Morgan fingerprint density at radius 1 is 1.10 bits per heavy atom. The Balaban J connectivity index is 1.71. The van der Waals surface area contributed by atoms with E-state index < -0.39 is 15.8 Å². The molecule has 0 unspecified atom stereocenters. The summed E-state index contributed by atoms with van der Waals surface area (Å²) in [7, 11) is -3.98. The van der Waals surface area contributed by atoms with Crippen LogP contribution < -0.4 is 10.7 Å². The predicted octanol–water partition coefficient (Wildman–Crippen LogP) is 2.41. The first-order chi connectivity index (χ1) is 14.8. The average Bonchev–Trinajstić information content (AvgIpc) is 2.75. The van der Waals surface area contributed by atoms with Crippen molar-refractivity contribution in [2.24, 2.45) is 5.14 Å². The van der Waals surface area contributed by atoms with Gasteiger partial charge in [-0.25, -0.2) is 27.9 Å². The van der Waals surface area contributed by atoms with E-state index >= 15 is 0 Å². The number of thioether (sulfide) groups is 1. The Labute approximate surface area is 181 Å². The van der Waals surface area contributed by atoms with Gasteiger partial charge >= 0.3 is 0 Å². The molecule has 0 bridgehead atoms. The quantitative estimate of drug-likeness (QED) is 0.361. The summed E-state index contributed by atoms with van der Waals surface area (Å²) in [5, 5.41) is 6.40. The highest BCUT2D eigenvalue weighted by atomic mass is 32.2. The molecule has 31 heavy (non-hydrogen) atoms. The van der Waals surface area contributed by atoms with Crippen LogP contribution in [0.25, 0.3) is 22.3 Å². The smallest absolute Gasteiger partial charge is 0.252 e. The molecule has 0 fully saturated rings. The third kappa shape index (κ3) is 4.33. The van der Waals surface area contributed by atoms with Crippen molar-refractivity contribution in [2.45, 2.75) is 16.6 Å². The molecule has 158 valence electrons. The third-order valence-corrected chi connectivity index (χ3v) is 6.06. The molecule has 4 rings (SSSR count). The fourth-order valence-corrected chi connectivity index (χ4v) is 3.92. The summed E-state index contributed by atoms with van der Waals surface area (Å²) in [6.45, 7) is 0.202. The number of hydrogen-bond acceptors (Lipinski definition) is 7. The monoisotopic (exact) mass is 457 g/mol. The SMILES string of the molecule is CSc1ncc2ccc(=O)n(Cc3ccc(-c4cc(S(N)(=O)=O)ccc4F)nc3)c2n1. The van der Waals surface area contributed by atoms with Crippen LogP contribution >= 0.6 is 11.8 Å². The van der Waals surface area contributed by atoms with Crippen molar-refractivity contribution in [3.63, 3.8) is 0 Å². The van der Waals surface area contributed by atoms with Crippen molar-refractivity contribution in [3.05, 3.63) is 76.6 Å². The van der Waals surface area contributed by atoms with Crippen LogP contribution in [0.3, 0.4) is 0 Å². The van der Waals surface area contributed by atoms with Crippen LogP contribution in [0.5, 0.6) is 0 Å². The van der Waals surface area contributed by atoms with E-state index in [-0.39, 0.29) is 28.3 Å². The minimum Gasteiger partial charge on any atom is -0.288 e. The Morgan fingerprint density at radius 3 is 2.58 bits per heavy atom. The zero-order chi connectivity index (χ0) is 22.2. The predicted molar refractivity (Wildman–Crippen MR) is 116 cm³/mol. The first-order valence-electron chi connectivity index (χ1n) is 8.94. The minimum absolute atomic E-state index is 0.0118. The first-order valence-corrected chi connectivity index (χ1v) is 11.7. The van der Waals surface area contributed by atoms with E-state index in [1.165, 1.54) is 28.6 Å². The summed E-state index contributed by atoms with van der Waals surface area (Å²) in [4.78, 5) is 25.2. The normalized spacial score (nSPS) is 11.7. The molecule has 4 aromatic rings. The van der Waals surface area contributed by atoms with Gasteiger partial charge < -0.3 is 0 Å². The second-order valence-electron chi connectivity index (χ2n) is 6.63. The molecule has 0 aliphatic rings. The number of nitrogens with two attached hydrogens (primary N) is 1. The summed E-state index contributed by atoms with van der Waals surface area (Å²) >= 11 is 1.37. The number of sulfonamides is 1. The van der Waals surface area contributed by atoms with Gasteiger partial charge in [-0.3, -0.25) is 14.3 Å². The standard InChI is InChI=1S/C20H16FN5O3S2/c1-30-20-24-10-13-3-7-18(27)26(19(13)25-20)11-12-2-6-17(23-9-12)15-8-14(31(22,28)29)4-5-16(15)21/h2-10H,11H2,1H3,(H2,22,28,29). The minimum atomic E-state index is -3.98. The second-order valence-corrected chi connectivity index (χ2v) is 8.97. The largest absolute Gasteiger partial charge is 0.288 e. The molecule has 0 radical (unpaired) electrons. The highest BCUT2D eigenvalue weighted by Crippen LogP contribution is 2.24. The zero-order valence-electron chi connectivity index (χ0n) is 16.2. The van der Waals surface area contributed by atoms with Gasteiger partial charge in [0.1, 0.15) is 11.5 Å². The number of benzene rings is 1. The molecule has 0 spiro atoms. The maximum atomic E-state index is 14.3. The fraction of sp³-hybridized carbons (Fsp3) is 0.100. The van der Waals surface area contributed by atoms with E-state index in [0.717, 1.165) is 23.6 Å². The lowest BCUT2D eigenvalue weighted by molar-refractivity contribution is 0.596. The van der Waals surface area contributed by atoms with E-state index in [1.807, 2.05) is 6.26 Å². The van der Waals surface area contributed by atoms with Crippen LogP contribution in [0.4, 0.5) is 4.39 Å². The van der Waals surface area contributed by atoms with Gasteiger partial charge in [-0.05, 0) is 42.2 Å². The molecule has 11 heteroatoms. The summed E-state index contributed by atoms with van der Waals surface area (Å²) < 4.78 is 38.9. The molecule has 0 saturated carbocycles. The first kappa shape index (κ1) is 21.1. The van der Waals surface area contributed by atoms with Gasteiger partial charge in [-0.1, -0.05) is 17.8 Å². The fourth-order valence-electron chi connectivity index (χ4n) is 3.04. The summed E-state index contributed by atoms with van der Waals surface area (Å²) in [5.74, 6) is -0.626. The van der Waals surface area contributed by atoms with Crippen molar-refractivity contribution in [1.29, 1.82) is 0 Å². The van der Waals surface area contributed by atoms with Gasteiger partial charge in [0, 0.05) is 29.4 Å². The second kappa shape index (κ2) is 8.17. The topological polar surface area (TPSA) is 121 Å². The number of pyridine rings is 2. The van der Waals surface area contributed by atoms with Crippen molar-refractivity contribution in [2.75, 3.05) is 6.26 Å². The highest BCUT2D eigenvalue weighted by molar-refractivity contribution is 7.98. The van der Waals surface area contributed by atoms with E-state index in [9.17, 15) is 17.6 Å². The van der Waals surface area contributed by atoms with E-state index in [1.54, 1.807) is 24.4 Å². The molecule has 0 atom stereocenters. The Hall–Kier alpha value is -3.15. The summed E-state index contributed by atoms with van der Waals surface area (Å²) in [5.41, 5.74) is 1.21. The van der Waals surface area contributed by atoms with E-state index in [2.05, 4.69) is 15.0 Å². The van der Waals surface area contributed by atoms with Crippen LogP contribution in [-0.4, -0.2) is 34.2 Å². The van der Waals surface area contributed by atoms with Crippen LogP contribution in [0.2, 0.25) is 0 Å². The van der Waals surface area contributed by atoms with E-state index in [4.69, 9.17) is 5.14 Å². The van der Waals surface area contributed by atoms with Crippen molar-refractivity contribution in [1.82, 2.24) is 19.5 Å². The van der Waals surface area contributed by atoms with Gasteiger partial charge in [-0.15, -0.1) is 0 Å². The molecule has 3 aromatic heterocycles. The number of primary sulfonamides is 1. The van der Waals surface area contributed by atoms with Crippen molar-refractivity contribution in [3.8, 4) is 11.3 Å². The molecule has 0 saturated heterocycles. The zero-order valence-corrected chi connectivity index (χ0v) is 17.8. The van der Waals surface area contributed by atoms with Crippen molar-refractivity contribution < 1.29 is 12.8 Å². The number of rotatable bonds is 5. The lowest BCUT2D eigenvalue weighted by Gasteiger charge is -2.10. The van der Waals surface area contributed by atoms with Crippen LogP contribution in [-0.2, 0) is 16.6 Å². The number of fused-ring (bicyclic) bond motifs is 1. The lowest BCUT2D eigenvalue weighted by Crippen LogP contribution is -2.21. The van der Waals surface area contributed by atoms with Gasteiger partial charge in [0.05, 0.1) is 17.1 Å². The number of hydrogen-bond donors (Lipinski definition) is 1. The number of nitrogens with zero attached hydrogens (tertiary/aromatic N) is 4. The van der Waals surface area contributed by atoms with E-state index in [0.29, 0.717) is 16.4 Å². The van der Waals surface area contributed by atoms with Crippen LogP contribution in [0.15, 0.2) is 69.7 Å². The summed E-state index contributed by atoms with van der Waals surface area (Å²) in [6, 6.07) is 9.63. The summed E-state index contributed by atoms with van der Waals surface area (Å²) in [6.07, 6.45) is 5.01. The molecular formula is C20H16FN5O3S2. The molecule has 3 heterocycles. The number of halogens is 1. The third-order valence-electron chi connectivity index (χ3n) is 4.59. The van der Waals surface area contributed by atoms with Crippen molar-refractivity contribution >= 4 is 32.8 Å². The number of aromatic nitrogens is 4. The molecule has 0 amide bonds. The molecule has 1 aromatic carbocycles. The molecule has 0 aliphatic carbocycles. The van der Waals surface area contributed by atoms with Gasteiger partial charge in [-0.2, -0.15) is 0 Å². The highest BCUT2D eigenvalue weighted by Gasteiger charge is 2.14. The maximum Gasteiger partial charge on any atom is 0.252 e. The lowest BCUT2D eigenvalue weighted by atomic mass is 10.1. The Kier molecular flexibility index (Phi) is 5.56. The van der Waals surface area contributed by atoms with Gasteiger partial charge in [0.2, 0.25) is 10.0 Å². The molecular weight excluding hydrogens is 441 g/mol. The average molecular weight is 458 g/mol. The molecule has 2 N–H and O–H groups in total. The van der Waals surface area contributed by atoms with Gasteiger partial charge in [0.25, 0.3) is 5.56 Å². The molecule has 0 aliphatic heterocycles.